The number of carbonyl (C=O) groups excluding carboxylic acids is 2. The van der Waals surface area contributed by atoms with Gasteiger partial charge in [-0.25, -0.2) is 9.67 Å². The summed E-state index contributed by atoms with van der Waals surface area (Å²) < 4.78 is 3.36. The van der Waals surface area contributed by atoms with E-state index in [0.29, 0.717) is 22.3 Å². The Kier molecular flexibility index (Phi) is 6.14. The Balaban J connectivity index is 1.37. The molecule has 0 unspecified atom stereocenters. The van der Waals surface area contributed by atoms with Gasteiger partial charge in [-0.3, -0.25) is 14.3 Å². The molecule has 0 aliphatic heterocycles. The fourth-order valence-electron chi connectivity index (χ4n) is 4.34. The Bertz CT molecular complexity index is 1320. The third-order valence-electron chi connectivity index (χ3n) is 5.99. The molecule has 4 aromatic heterocycles. The van der Waals surface area contributed by atoms with Gasteiger partial charge in [0, 0.05) is 18.3 Å². The maximum Gasteiger partial charge on any atom is 0.256 e. The topological polar surface area (TPSA) is 107 Å². The van der Waals surface area contributed by atoms with E-state index in [0.717, 1.165) is 36.3 Å². The summed E-state index contributed by atoms with van der Waals surface area (Å²) in [6, 6.07) is 6.11. The fraction of sp³-hybridized carbons (Fsp3) is 0.375. The summed E-state index contributed by atoms with van der Waals surface area (Å²) >= 11 is 1.57. The molecule has 0 aromatic carbocycles. The number of fused-ring (bicyclic) bond motifs is 1. The molecule has 5 rings (SSSR count). The number of amides is 2. The maximum absolute atomic E-state index is 13.3. The summed E-state index contributed by atoms with van der Waals surface area (Å²) in [6.07, 6.45) is 9.30. The molecular formula is C24H27N7O2S. The molecular weight excluding hydrogens is 450 g/mol. The molecule has 0 spiro atoms. The predicted octanol–water partition coefficient (Wildman–Crippen LogP) is 4.25. The van der Waals surface area contributed by atoms with Crippen LogP contribution < -0.4 is 10.6 Å². The molecule has 4 aromatic rings. The van der Waals surface area contributed by atoms with Crippen molar-refractivity contribution < 1.29 is 9.59 Å². The number of carbonyl (C=O) groups is 2. The van der Waals surface area contributed by atoms with Crippen LogP contribution in [0.5, 0.6) is 0 Å². The van der Waals surface area contributed by atoms with Gasteiger partial charge in [-0.15, -0.1) is 11.3 Å². The van der Waals surface area contributed by atoms with Crippen LogP contribution in [0.3, 0.4) is 0 Å². The number of thiophene rings is 1. The minimum absolute atomic E-state index is 0.0644. The summed E-state index contributed by atoms with van der Waals surface area (Å²) in [5.74, 6) is -0.339. The smallest absolute Gasteiger partial charge is 0.256 e. The molecule has 2 amide bonds. The molecule has 34 heavy (non-hydrogen) atoms. The van der Waals surface area contributed by atoms with E-state index in [1.165, 1.54) is 4.68 Å². The number of anilines is 1. The summed E-state index contributed by atoms with van der Waals surface area (Å²) in [7, 11) is 0. The molecule has 9 nitrogen and oxygen atoms in total. The summed E-state index contributed by atoms with van der Waals surface area (Å²) in [4.78, 5) is 31.4. The van der Waals surface area contributed by atoms with E-state index >= 15 is 0 Å². The van der Waals surface area contributed by atoms with Crippen LogP contribution in [-0.2, 0) is 11.3 Å². The van der Waals surface area contributed by atoms with Gasteiger partial charge in [0.15, 0.2) is 5.65 Å². The first-order chi connectivity index (χ1) is 16.5. The van der Waals surface area contributed by atoms with Crippen molar-refractivity contribution in [3.05, 3.63) is 47.7 Å². The van der Waals surface area contributed by atoms with Crippen LogP contribution in [0.2, 0.25) is 0 Å². The zero-order valence-corrected chi connectivity index (χ0v) is 20.0. The number of hydrogen-bond acceptors (Lipinski definition) is 6. The van der Waals surface area contributed by atoms with E-state index in [1.807, 2.05) is 36.0 Å². The quantitative estimate of drug-likeness (QED) is 0.414. The minimum Gasteiger partial charge on any atom is -0.352 e. The fourth-order valence-corrected chi connectivity index (χ4v) is 5.02. The van der Waals surface area contributed by atoms with Crippen molar-refractivity contribution in [2.45, 2.75) is 58.2 Å². The Morgan fingerprint density at radius 1 is 1.21 bits per heavy atom. The first-order valence-electron chi connectivity index (χ1n) is 11.5. The van der Waals surface area contributed by atoms with Gasteiger partial charge in [-0.05, 0) is 44.2 Å². The molecule has 1 aliphatic rings. The molecule has 0 atom stereocenters. The van der Waals surface area contributed by atoms with Crippen molar-refractivity contribution in [1.82, 2.24) is 29.9 Å². The SMILES string of the molecule is CC(C)n1ncc2c(C(=O)Nc3cnn(CC(=O)NC4CCCC4)c3)cc(-c3cccs3)nc21. The molecule has 0 radical (unpaired) electrons. The highest BCUT2D eigenvalue weighted by Gasteiger charge is 2.20. The average molecular weight is 478 g/mol. The number of aromatic nitrogens is 5. The molecule has 0 bridgehead atoms. The second kappa shape index (κ2) is 9.38. The summed E-state index contributed by atoms with van der Waals surface area (Å²) in [6.45, 7) is 4.18. The van der Waals surface area contributed by atoms with Gasteiger partial charge in [0.2, 0.25) is 5.91 Å². The zero-order chi connectivity index (χ0) is 23.7. The number of hydrogen-bond donors (Lipinski definition) is 2. The van der Waals surface area contributed by atoms with Crippen molar-refractivity contribution in [3.63, 3.8) is 0 Å². The van der Waals surface area contributed by atoms with E-state index in [4.69, 9.17) is 4.98 Å². The van der Waals surface area contributed by atoms with Crippen LogP contribution in [-0.4, -0.2) is 42.4 Å². The van der Waals surface area contributed by atoms with Gasteiger partial charge in [0.1, 0.15) is 6.54 Å². The molecule has 1 saturated carbocycles. The van der Waals surface area contributed by atoms with Gasteiger partial charge in [-0.2, -0.15) is 10.2 Å². The molecule has 176 valence electrons. The second-order valence-electron chi connectivity index (χ2n) is 8.88. The summed E-state index contributed by atoms with van der Waals surface area (Å²) in [5, 5.41) is 17.3. The third-order valence-corrected chi connectivity index (χ3v) is 6.88. The summed E-state index contributed by atoms with van der Waals surface area (Å²) in [5.41, 5.74) is 2.42. The van der Waals surface area contributed by atoms with Gasteiger partial charge >= 0.3 is 0 Å². The standard InChI is InChI=1S/C24H27N7O2S/c1-15(2)31-23-19(12-26-31)18(10-20(29-23)21-8-5-9-34-21)24(33)28-17-11-25-30(13-17)14-22(32)27-16-6-3-4-7-16/h5,8-13,15-16H,3-4,6-7,14H2,1-2H3,(H,27,32)(H,28,33). The van der Waals surface area contributed by atoms with Gasteiger partial charge in [-0.1, -0.05) is 18.9 Å². The Morgan fingerprint density at radius 3 is 2.76 bits per heavy atom. The first kappa shape index (κ1) is 22.3. The van der Waals surface area contributed by atoms with Crippen LogP contribution in [0, 0.1) is 0 Å². The lowest BCUT2D eigenvalue weighted by molar-refractivity contribution is -0.122. The minimum atomic E-state index is -0.275. The molecule has 0 saturated heterocycles. The highest BCUT2D eigenvalue weighted by atomic mass is 32.1. The van der Waals surface area contributed by atoms with Crippen molar-refractivity contribution in [2.24, 2.45) is 0 Å². The normalized spacial score (nSPS) is 14.2. The second-order valence-corrected chi connectivity index (χ2v) is 9.83. The number of rotatable bonds is 7. The zero-order valence-electron chi connectivity index (χ0n) is 19.2. The van der Waals surface area contributed by atoms with Crippen LogP contribution in [0.25, 0.3) is 21.6 Å². The van der Waals surface area contributed by atoms with Crippen molar-refractivity contribution in [2.75, 3.05) is 5.32 Å². The third kappa shape index (κ3) is 4.58. The molecule has 4 heterocycles. The van der Waals surface area contributed by atoms with Crippen LogP contribution >= 0.6 is 11.3 Å². The first-order valence-corrected chi connectivity index (χ1v) is 12.4. The van der Waals surface area contributed by atoms with Crippen LogP contribution in [0.1, 0.15) is 55.9 Å². The van der Waals surface area contributed by atoms with E-state index in [2.05, 4.69) is 20.8 Å². The predicted molar refractivity (Wildman–Crippen MR) is 132 cm³/mol. The lowest BCUT2D eigenvalue weighted by Gasteiger charge is -2.11. The van der Waals surface area contributed by atoms with Gasteiger partial charge in [0.05, 0.1) is 39.6 Å². The molecule has 2 N–H and O–H groups in total. The van der Waals surface area contributed by atoms with E-state index in [-0.39, 0.29) is 30.4 Å². The highest BCUT2D eigenvalue weighted by molar-refractivity contribution is 7.13. The van der Waals surface area contributed by atoms with Crippen LogP contribution in [0.4, 0.5) is 5.69 Å². The number of nitrogens with one attached hydrogen (secondary N) is 2. The Hall–Kier alpha value is -3.53. The lowest BCUT2D eigenvalue weighted by atomic mass is 10.1. The van der Waals surface area contributed by atoms with Gasteiger partial charge < -0.3 is 10.6 Å². The number of pyridine rings is 1. The molecule has 1 aliphatic carbocycles. The van der Waals surface area contributed by atoms with Crippen molar-refractivity contribution in [1.29, 1.82) is 0 Å². The monoisotopic (exact) mass is 477 g/mol. The van der Waals surface area contributed by atoms with Crippen molar-refractivity contribution >= 4 is 39.9 Å². The average Bonchev–Trinajstić information content (AvgIpc) is 3.60. The maximum atomic E-state index is 13.3. The molecule has 10 heteroatoms. The van der Waals surface area contributed by atoms with E-state index < -0.39 is 0 Å². The molecule has 1 fully saturated rings. The van der Waals surface area contributed by atoms with Gasteiger partial charge in [0.25, 0.3) is 5.91 Å². The number of nitrogens with zero attached hydrogens (tertiary/aromatic N) is 5. The largest absolute Gasteiger partial charge is 0.352 e. The van der Waals surface area contributed by atoms with Crippen LogP contribution in [0.15, 0.2) is 42.2 Å². The Labute approximate surface area is 201 Å². The van der Waals surface area contributed by atoms with E-state index in [1.54, 1.807) is 36.0 Å². The van der Waals surface area contributed by atoms with Crippen molar-refractivity contribution in [3.8, 4) is 10.6 Å². The van der Waals surface area contributed by atoms with E-state index in [9.17, 15) is 9.59 Å². The lowest BCUT2D eigenvalue weighted by Crippen LogP contribution is -2.35. The highest BCUT2D eigenvalue weighted by Crippen LogP contribution is 2.29. The Morgan fingerprint density at radius 2 is 2.03 bits per heavy atom.